The molecule has 28 heteroatoms. The summed E-state index contributed by atoms with van der Waals surface area (Å²) in [5, 5.41) is -2.97. The molecule has 3 aliphatic heterocycles. The number of aromatic amines is 4. The molecular formula is C64H24F20N8. The van der Waals surface area contributed by atoms with Gasteiger partial charge in [-0.2, -0.15) is 0 Å². The van der Waals surface area contributed by atoms with Gasteiger partial charge in [0, 0.05) is 78.6 Å². The Balaban J connectivity index is 1.23. The van der Waals surface area contributed by atoms with Gasteiger partial charge in [0.15, 0.2) is 93.1 Å². The number of fused-ring (bicyclic) bond motifs is 10. The average molecular weight is 1280 g/mol. The molecule has 13 rings (SSSR count). The summed E-state index contributed by atoms with van der Waals surface area (Å²) < 4.78 is 314. The second-order valence-electron chi connectivity index (χ2n) is 20.0. The van der Waals surface area contributed by atoms with Crippen molar-refractivity contribution in [3.63, 3.8) is 0 Å². The van der Waals surface area contributed by atoms with Crippen LogP contribution in [-0.2, 0) is 0 Å². The Hall–Kier alpha value is -11.3. The predicted molar refractivity (Wildman–Crippen MR) is 289 cm³/mol. The maximum Gasteiger partial charge on any atom is 0.200 e. The minimum atomic E-state index is -2.64. The van der Waals surface area contributed by atoms with Gasteiger partial charge >= 0.3 is 0 Å². The highest BCUT2D eigenvalue weighted by Crippen LogP contribution is 2.40. The molecule has 0 spiro atoms. The van der Waals surface area contributed by atoms with Gasteiger partial charge in [-0.15, -0.1) is 0 Å². The minimum Gasteiger partial charge on any atom is -0.354 e. The third kappa shape index (κ3) is 9.24. The summed E-state index contributed by atoms with van der Waals surface area (Å²) in [4.78, 5) is 28.1. The van der Waals surface area contributed by atoms with Gasteiger partial charge in [-0.3, -0.25) is 9.97 Å². The van der Waals surface area contributed by atoms with Crippen LogP contribution < -0.4 is 21.4 Å². The molecule has 12 bridgehead atoms. The van der Waals surface area contributed by atoms with Crippen molar-refractivity contribution in [1.29, 1.82) is 0 Å². The first-order valence-electron chi connectivity index (χ1n) is 26.2. The zero-order chi connectivity index (χ0) is 65.2. The van der Waals surface area contributed by atoms with Crippen LogP contribution in [-0.4, -0.2) is 41.3 Å². The van der Waals surface area contributed by atoms with E-state index in [0.717, 1.165) is 72.8 Å². The molecule has 10 aromatic rings. The molecule has 460 valence electrons. The van der Waals surface area contributed by atoms with E-state index >= 15 is 70.2 Å². The Labute approximate surface area is 498 Å². The Morgan fingerprint density at radius 2 is 0.478 bits per heavy atom. The van der Waals surface area contributed by atoms with Crippen molar-refractivity contribution in [2.24, 2.45) is 9.98 Å². The van der Waals surface area contributed by atoms with Gasteiger partial charge in [-0.05, 0) is 97.1 Å². The monoisotopic (exact) mass is 1280 g/mol. The van der Waals surface area contributed by atoms with Crippen LogP contribution in [0, 0.1) is 116 Å². The summed E-state index contributed by atoms with van der Waals surface area (Å²) in [6, 6.07) is 15.7. The van der Waals surface area contributed by atoms with Crippen molar-refractivity contribution in [3.8, 4) is 0 Å². The molecule has 0 fully saturated rings. The van der Waals surface area contributed by atoms with E-state index in [4.69, 9.17) is 0 Å². The molecule has 6 aromatic heterocycles. The summed E-state index contributed by atoms with van der Waals surface area (Å²) in [5.41, 5.74) is -15.7. The number of pyridine rings is 2. The number of H-pyrrole nitrogens is 4. The summed E-state index contributed by atoms with van der Waals surface area (Å²) >= 11 is 0. The van der Waals surface area contributed by atoms with Gasteiger partial charge in [0.2, 0.25) is 23.3 Å². The first kappa shape index (κ1) is 59.6. The molecule has 0 atom stereocenters. The Kier molecular flexibility index (Phi) is 14.5. The summed E-state index contributed by atoms with van der Waals surface area (Å²) in [6.07, 6.45) is 6.40. The molecule has 0 saturated carbocycles. The minimum absolute atomic E-state index is 0.133. The highest BCUT2D eigenvalue weighted by atomic mass is 19.2. The van der Waals surface area contributed by atoms with Gasteiger partial charge in [0.25, 0.3) is 0 Å². The summed E-state index contributed by atoms with van der Waals surface area (Å²) in [7, 11) is 0. The molecule has 0 amide bonds. The molecule has 0 unspecified atom stereocenters. The van der Waals surface area contributed by atoms with E-state index in [1.165, 1.54) is 48.8 Å². The fourth-order valence-corrected chi connectivity index (χ4v) is 10.8. The number of rotatable bonds is 6. The number of hydrogen-bond acceptors (Lipinski definition) is 4. The number of benzene rings is 4. The maximum atomic E-state index is 16.4. The van der Waals surface area contributed by atoms with E-state index in [0.29, 0.717) is 0 Å². The fraction of sp³-hybridized carbons (Fsp3) is 0. The Morgan fingerprint density at radius 3 is 0.750 bits per heavy atom. The highest BCUT2D eigenvalue weighted by Gasteiger charge is 2.36. The first-order chi connectivity index (χ1) is 44.0. The molecular weight excluding hydrogens is 1260 g/mol. The smallest absolute Gasteiger partial charge is 0.200 e. The van der Waals surface area contributed by atoms with Crippen LogP contribution in [0.4, 0.5) is 87.8 Å². The van der Waals surface area contributed by atoms with Crippen LogP contribution in [0.5, 0.6) is 0 Å². The Morgan fingerprint density at radius 1 is 0.228 bits per heavy atom. The van der Waals surface area contributed by atoms with E-state index in [1.54, 1.807) is 0 Å². The van der Waals surface area contributed by atoms with Crippen molar-refractivity contribution in [2.45, 2.75) is 0 Å². The molecule has 3 aliphatic rings. The van der Waals surface area contributed by atoms with Gasteiger partial charge in [0.05, 0.1) is 67.8 Å². The van der Waals surface area contributed by atoms with Crippen LogP contribution in [0.1, 0.15) is 56.4 Å². The van der Waals surface area contributed by atoms with Crippen molar-refractivity contribution < 1.29 is 87.8 Å². The average Bonchev–Trinajstić information content (AvgIpc) is 1.45. The van der Waals surface area contributed by atoms with Gasteiger partial charge < -0.3 is 19.9 Å². The van der Waals surface area contributed by atoms with Gasteiger partial charge in [-0.1, -0.05) is 12.1 Å². The van der Waals surface area contributed by atoms with Gasteiger partial charge in [0.1, 0.15) is 0 Å². The maximum absolute atomic E-state index is 16.4. The largest absolute Gasteiger partial charge is 0.354 e. The molecule has 9 heterocycles. The molecule has 0 radical (unpaired) electrons. The highest BCUT2D eigenvalue weighted by molar-refractivity contribution is 6.31. The Bertz CT molecular complexity index is 4950. The van der Waals surface area contributed by atoms with Crippen LogP contribution in [0.15, 0.2) is 143 Å². The zero-order valence-corrected chi connectivity index (χ0v) is 44.9. The number of hydrogen-bond donors (Lipinski definition) is 4. The van der Waals surface area contributed by atoms with E-state index in [2.05, 4.69) is 39.9 Å². The zero-order valence-electron chi connectivity index (χ0n) is 44.9. The number of allylic oxidation sites excluding steroid dienone is 4. The van der Waals surface area contributed by atoms with Gasteiger partial charge in [-0.25, -0.2) is 97.8 Å². The molecule has 4 N–H and O–H groups in total. The number of aliphatic imine (C=N–C) groups is 2. The standard InChI is InChI=1S/C64H24F20N8/c65-45-41(46(66)54(74)61(81)53(45)73)37-27-11-7-23(87-27)35(21-5-1-3-19-85-21)24-8-12-28(88-24)38(42-47(67)55(75)62(82)56(76)48(42)68)32-16-18-34(92-32)40(44-51(71)59(79)64(84)60(80)52(44)72)30-14-10-26(90-30)36(22-6-2-4-20-86-22)25-9-13-29(89-25)39(33-17-15-31(37)91-33)43-49(69)57(77)63(83)58(78)50(43)70/h1-20,87,90-92H. The quantitative estimate of drug-likeness (QED) is 0.0755. The van der Waals surface area contributed by atoms with E-state index in [9.17, 15) is 17.6 Å². The van der Waals surface area contributed by atoms with Crippen molar-refractivity contribution in [3.05, 3.63) is 327 Å². The second-order valence-corrected chi connectivity index (χ2v) is 20.0. The lowest BCUT2D eigenvalue weighted by Crippen LogP contribution is -2.23. The van der Waals surface area contributed by atoms with Crippen LogP contribution in [0.25, 0.3) is 33.4 Å². The number of halogens is 20. The molecule has 92 heavy (non-hydrogen) atoms. The molecule has 8 nitrogen and oxygen atoms in total. The lowest BCUT2D eigenvalue weighted by atomic mass is 9.98. The van der Waals surface area contributed by atoms with Crippen molar-refractivity contribution in [1.82, 2.24) is 29.9 Å². The number of nitrogens with zero attached hydrogens (tertiary/aromatic N) is 4. The van der Waals surface area contributed by atoms with E-state index < -0.39 is 205 Å². The lowest BCUT2D eigenvalue weighted by molar-refractivity contribution is 0.376. The molecule has 0 aliphatic carbocycles. The lowest BCUT2D eigenvalue weighted by Gasteiger charge is -2.13. The van der Waals surface area contributed by atoms with E-state index in [1.807, 2.05) is 0 Å². The summed E-state index contributed by atoms with van der Waals surface area (Å²) in [6.45, 7) is 0. The fourth-order valence-electron chi connectivity index (χ4n) is 10.8. The predicted octanol–water partition coefficient (Wildman–Crippen LogP) is 12.7. The molecule has 4 aromatic carbocycles. The van der Waals surface area contributed by atoms with E-state index in [-0.39, 0.29) is 45.3 Å². The molecule has 0 saturated heterocycles. The number of nitrogens with one attached hydrogen (secondary N) is 4. The SMILES string of the molecule is Fc1c(F)c(F)c(C2=c3ccc([nH]3)=C(c3c(F)c(F)c(F)c(F)c3F)c3ccc([nH]3)C(c3ccccn3)=C3C=CC(=N3)C(c3c(F)c(F)c(F)c(F)c3F)=c3ccc([nH]3)=C(c3c(F)c(F)c(F)c(F)c3F)c3ccc([nH]3)C(c3ccccn3)=C3C=CC2=N3)c(F)c1F. The van der Waals surface area contributed by atoms with Crippen molar-refractivity contribution >= 4 is 44.9 Å². The third-order valence-corrected chi connectivity index (χ3v) is 14.9. The third-order valence-electron chi connectivity index (χ3n) is 14.9. The number of aromatic nitrogens is 6. The normalized spacial score (nSPS) is 14.2. The van der Waals surface area contributed by atoms with Crippen LogP contribution in [0.3, 0.4) is 0 Å². The van der Waals surface area contributed by atoms with Crippen LogP contribution >= 0.6 is 0 Å². The van der Waals surface area contributed by atoms with Crippen molar-refractivity contribution in [2.75, 3.05) is 0 Å². The first-order valence-corrected chi connectivity index (χ1v) is 26.2. The van der Waals surface area contributed by atoms with Crippen LogP contribution in [0.2, 0.25) is 0 Å². The second kappa shape index (κ2) is 22.3. The summed E-state index contributed by atoms with van der Waals surface area (Å²) in [5.74, 6) is -50.4. The topological polar surface area (TPSA) is 114 Å².